The third-order valence-electron chi connectivity index (χ3n) is 0.922. The minimum Gasteiger partial charge on any atom is -0.405 e. The molecule has 0 atom stereocenters. The van der Waals surface area contributed by atoms with Crippen molar-refractivity contribution >= 4 is 5.71 Å². The Morgan fingerprint density at radius 2 is 2.33 bits per heavy atom. The summed E-state index contributed by atoms with van der Waals surface area (Å²) >= 11 is 0. The number of aliphatic imine (C=N–C) groups is 1. The van der Waals surface area contributed by atoms with Crippen LogP contribution in [0.1, 0.15) is 20.3 Å². The van der Waals surface area contributed by atoms with Gasteiger partial charge in [0.05, 0.1) is 0 Å². The van der Waals surface area contributed by atoms with E-state index in [2.05, 4.69) is 11.9 Å². The van der Waals surface area contributed by atoms with Gasteiger partial charge in [-0.3, -0.25) is 4.99 Å². The van der Waals surface area contributed by atoms with Gasteiger partial charge in [-0.2, -0.15) is 0 Å². The Bertz CT molecular complexity index is 114. The van der Waals surface area contributed by atoms with Crippen LogP contribution in [0.5, 0.6) is 0 Å². The third kappa shape index (κ3) is 5.07. The Labute approximate surface area is 56.5 Å². The molecule has 52 valence electrons. The first kappa shape index (κ1) is 8.21. The van der Waals surface area contributed by atoms with Crippen molar-refractivity contribution in [3.05, 3.63) is 12.3 Å². The van der Waals surface area contributed by atoms with E-state index in [9.17, 15) is 0 Å². The zero-order valence-corrected chi connectivity index (χ0v) is 6.09. The predicted octanol–water partition coefficient (Wildman–Crippen LogP) is 1.33. The molecule has 2 heteroatoms. The Morgan fingerprint density at radius 1 is 1.67 bits per heavy atom. The molecule has 0 aliphatic rings. The molecule has 0 aliphatic carbocycles. The van der Waals surface area contributed by atoms with Crippen LogP contribution in [-0.2, 0) is 0 Å². The maximum absolute atomic E-state index is 5.14. The van der Waals surface area contributed by atoms with Crippen molar-refractivity contribution in [1.82, 2.24) is 0 Å². The topological polar surface area (TPSA) is 38.4 Å². The van der Waals surface area contributed by atoms with E-state index in [1.165, 1.54) is 6.20 Å². The molecule has 0 aromatic heterocycles. The van der Waals surface area contributed by atoms with Crippen LogP contribution in [0.25, 0.3) is 0 Å². The number of nitrogens with two attached hydrogens (primary N) is 1. The summed E-state index contributed by atoms with van der Waals surface area (Å²) in [7, 11) is 0. The minimum atomic E-state index is 0.899. The summed E-state index contributed by atoms with van der Waals surface area (Å²) in [6, 6.07) is 0. The van der Waals surface area contributed by atoms with Crippen molar-refractivity contribution in [2.75, 3.05) is 6.54 Å². The van der Waals surface area contributed by atoms with Crippen molar-refractivity contribution in [3.8, 4) is 0 Å². The molecular formula is C7H14N2. The molecular weight excluding hydrogens is 112 g/mol. The normalized spacial score (nSPS) is 12.9. The molecule has 0 saturated carbocycles. The van der Waals surface area contributed by atoms with Gasteiger partial charge in [-0.1, -0.05) is 6.92 Å². The van der Waals surface area contributed by atoms with E-state index in [0.717, 1.165) is 18.7 Å². The highest BCUT2D eigenvalue weighted by atomic mass is 14.7. The third-order valence-corrected chi connectivity index (χ3v) is 0.922. The van der Waals surface area contributed by atoms with E-state index >= 15 is 0 Å². The lowest BCUT2D eigenvalue weighted by Crippen LogP contribution is -1.89. The molecule has 0 spiro atoms. The van der Waals surface area contributed by atoms with E-state index in [1.807, 2.05) is 6.92 Å². The molecule has 0 rings (SSSR count). The maximum atomic E-state index is 5.14. The first-order valence-electron chi connectivity index (χ1n) is 3.20. The van der Waals surface area contributed by atoms with Crippen LogP contribution in [0.15, 0.2) is 17.3 Å². The van der Waals surface area contributed by atoms with Gasteiger partial charge in [-0.15, -0.1) is 0 Å². The Morgan fingerprint density at radius 3 is 2.78 bits per heavy atom. The van der Waals surface area contributed by atoms with Crippen LogP contribution in [0.2, 0.25) is 0 Å². The van der Waals surface area contributed by atoms with Crippen molar-refractivity contribution in [1.29, 1.82) is 0 Å². The van der Waals surface area contributed by atoms with Crippen LogP contribution in [0.3, 0.4) is 0 Å². The van der Waals surface area contributed by atoms with E-state index in [1.54, 1.807) is 6.08 Å². The summed E-state index contributed by atoms with van der Waals surface area (Å²) in [4.78, 5) is 4.18. The van der Waals surface area contributed by atoms with E-state index in [4.69, 9.17) is 5.73 Å². The van der Waals surface area contributed by atoms with Gasteiger partial charge in [0, 0.05) is 12.3 Å². The second-order valence-electron chi connectivity index (χ2n) is 1.88. The SMILES string of the molecule is CCCN=C(C)/C=C\N. The van der Waals surface area contributed by atoms with Gasteiger partial charge >= 0.3 is 0 Å². The molecule has 0 fully saturated rings. The molecule has 0 bridgehead atoms. The average Bonchev–Trinajstić information content (AvgIpc) is 1.85. The lowest BCUT2D eigenvalue weighted by molar-refractivity contribution is 0.932. The number of hydrogen-bond acceptors (Lipinski definition) is 2. The molecule has 0 saturated heterocycles. The number of hydrogen-bond donors (Lipinski definition) is 1. The second kappa shape index (κ2) is 5.35. The first-order chi connectivity index (χ1) is 4.31. The number of rotatable bonds is 3. The van der Waals surface area contributed by atoms with Crippen LogP contribution >= 0.6 is 0 Å². The van der Waals surface area contributed by atoms with Crippen LogP contribution in [0, 0.1) is 0 Å². The zero-order valence-electron chi connectivity index (χ0n) is 6.09. The fourth-order valence-corrected chi connectivity index (χ4v) is 0.480. The van der Waals surface area contributed by atoms with Crippen LogP contribution in [-0.4, -0.2) is 12.3 Å². The molecule has 0 aromatic rings. The summed E-state index contributed by atoms with van der Waals surface area (Å²) in [5.74, 6) is 0. The molecule has 0 aliphatic heterocycles. The Hall–Kier alpha value is -0.790. The molecule has 2 N–H and O–H groups in total. The monoisotopic (exact) mass is 126 g/mol. The Balaban J connectivity index is 3.55. The van der Waals surface area contributed by atoms with Gasteiger partial charge in [-0.25, -0.2) is 0 Å². The number of allylic oxidation sites excluding steroid dienone is 1. The molecule has 0 unspecified atom stereocenters. The van der Waals surface area contributed by atoms with Crippen molar-refractivity contribution < 1.29 is 0 Å². The Kier molecular flexibility index (Phi) is 4.88. The van der Waals surface area contributed by atoms with Gasteiger partial charge in [0.15, 0.2) is 0 Å². The number of nitrogens with zero attached hydrogens (tertiary/aromatic N) is 1. The lowest BCUT2D eigenvalue weighted by Gasteiger charge is -1.88. The summed E-state index contributed by atoms with van der Waals surface area (Å²) in [5.41, 5.74) is 6.14. The van der Waals surface area contributed by atoms with Gasteiger partial charge in [-0.05, 0) is 25.6 Å². The average molecular weight is 126 g/mol. The first-order valence-corrected chi connectivity index (χ1v) is 3.20. The summed E-state index contributed by atoms with van der Waals surface area (Å²) in [5, 5.41) is 0. The van der Waals surface area contributed by atoms with E-state index in [-0.39, 0.29) is 0 Å². The zero-order chi connectivity index (χ0) is 7.11. The fraction of sp³-hybridized carbons (Fsp3) is 0.571. The van der Waals surface area contributed by atoms with E-state index in [0.29, 0.717) is 0 Å². The summed E-state index contributed by atoms with van der Waals surface area (Å²) in [6.07, 6.45) is 4.40. The highest BCUT2D eigenvalue weighted by Gasteiger charge is 1.78. The molecule has 2 nitrogen and oxygen atoms in total. The predicted molar refractivity (Wildman–Crippen MR) is 41.6 cm³/mol. The van der Waals surface area contributed by atoms with Crippen molar-refractivity contribution in [2.24, 2.45) is 10.7 Å². The molecule has 0 heterocycles. The minimum absolute atomic E-state index is 0.899. The smallest absolute Gasteiger partial charge is 0.0389 e. The van der Waals surface area contributed by atoms with Gasteiger partial charge in [0.1, 0.15) is 0 Å². The highest BCUT2D eigenvalue weighted by Crippen LogP contribution is 1.82. The lowest BCUT2D eigenvalue weighted by atomic mass is 10.4. The highest BCUT2D eigenvalue weighted by molar-refractivity contribution is 5.92. The van der Waals surface area contributed by atoms with Gasteiger partial charge in [0.25, 0.3) is 0 Å². The second-order valence-corrected chi connectivity index (χ2v) is 1.88. The molecule has 9 heavy (non-hydrogen) atoms. The van der Waals surface area contributed by atoms with Gasteiger partial charge in [0.2, 0.25) is 0 Å². The standard InChI is InChI=1S/C7H14N2/c1-3-6-9-7(2)4-5-8/h4-5H,3,6,8H2,1-2H3/b5-4-,9-7?. The van der Waals surface area contributed by atoms with Gasteiger partial charge < -0.3 is 5.73 Å². The fourth-order valence-electron chi connectivity index (χ4n) is 0.480. The van der Waals surface area contributed by atoms with Crippen molar-refractivity contribution in [2.45, 2.75) is 20.3 Å². The largest absolute Gasteiger partial charge is 0.405 e. The van der Waals surface area contributed by atoms with E-state index < -0.39 is 0 Å². The van der Waals surface area contributed by atoms with Crippen molar-refractivity contribution in [3.63, 3.8) is 0 Å². The molecule has 0 aromatic carbocycles. The quantitative estimate of drug-likeness (QED) is 0.569. The molecule has 0 radical (unpaired) electrons. The molecule has 0 amide bonds. The summed E-state index contributed by atoms with van der Waals surface area (Å²) in [6.45, 7) is 4.94. The van der Waals surface area contributed by atoms with Crippen LogP contribution in [0.4, 0.5) is 0 Å². The van der Waals surface area contributed by atoms with Crippen LogP contribution < -0.4 is 5.73 Å². The maximum Gasteiger partial charge on any atom is 0.0389 e. The summed E-state index contributed by atoms with van der Waals surface area (Å²) < 4.78 is 0.